The lowest BCUT2D eigenvalue weighted by molar-refractivity contribution is -0.139. The number of hydrogen-bond donors (Lipinski definition) is 0. The van der Waals surface area contributed by atoms with Gasteiger partial charge < -0.3 is 4.74 Å². The summed E-state index contributed by atoms with van der Waals surface area (Å²) in [5.74, 6) is 5.51. The molecule has 3 heteroatoms. The van der Waals surface area contributed by atoms with Crippen molar-refractivity contribution in [1.29, 1.82) is 0 Å². The van der Waals surface area contributed by atoms with Crippen molar-refractivity contribution in [3.8, 4) is 11.8 Å². The van der Waals surface area contributed by atoms with Gasteiger partial charge in [-0.2, -0.15) is 0 Å². The van der Waals surface area contributed by atoms with Crippen LogP contribution in [0, 0.1) is 31.1 Å². The highest BCUT2D eigenvalue weighted by Gasteiger charge is 2.46. The van der Waals surface area contributed by atoms with Crippen LogP contribution in [0.5, 0.6) is 0 Å². The summed E-state index contributed by atoms with van der Waals surface area (Å²) in [6.45, 7) is 11.1. The van der Waals surface area contributed by atoms with E-state index in [-0.39, 0.29) is 17.0 Å². The van der Waals surface area contributed by atoms with E-state index < -0.39 is 5.92 Å². The Bertz CT molecular complexity index is 699. The number of ether oxygens (including phenoxy) is 1. The first kappa shape index (κ1) is 20.4. The Hall–Kier alpha value is -1.92. The van der Waals surface area contributed by atoms with Crippen molar-refractivity contribution >= 4 is 11.6 Å². The van der Waals surface area contributed by atoms with Crippen molar-refractivity contribution in [2.75, 3.05) is 13.2 Å². The molecule has 3 rings (SSSR count). The van der Waals surface area contributed by atoms with Crippen molar-refractivity contribution in [3.05, 3.63) is 34.4 Å². The zero-order valence-electron chi connectivity index (χ0n) is 16.7. The Balaban J connectivity index is 0.00000117. The highest BCUT2D eigenvalue weighted by Crippen LogP contribution is 2.46. The summed E-state index contributed by atoms with van der Waals surface area (Å²) in [4.78, 5) is 25.8. The average Bonchev–Trinajstić information content (AvgIpc) is 2.59. The first-order valence-corrected chi connectivity index (χ1v) is 9.63. The van der Waals surface area contributed by atoms with Gasteiger partial charge in [-0.1, -0.05) is 19.8 Å². The Morgan fingerprint density at radius 2 is 1.50 bits per heavy atom. The molecule has 3 nitrogen and oxygen atoms in total. The summed E-state index contributed by atoms with van der Waals surface area (Å²) in [5, 5.41) is 0. The maximum atomic E-state index is 12.9. The minimum absolute atomic E-state index is 0.0775. The second kappa shape index (κ2) is 8.64. The molecular formula is C23H30O3. The van der Waals surface area contributed by atoms with Crippen molar-refractivity contribution in [1.82, 2.24) is 0 Å². The van der Waals surface area contributed by atoms with Gasteiger partial charge in [-0.15, -0.1) is 5.92 Å². The molecule has 0 radical (unpaired) electrons. The monoisotopic (exact) mass is 354 g/mol. The van der Waals surface area contributed by atoms with Crippen LogP contribution in [0.4, 0.5) is 0 Å². The molecule has 0 bridgehead atoms. The smallest absolute Gasteiger partial charge is 0.148 e. The van der Waals surface area contributed by atoms with Crippen LogP contribution in [0.3, 0.4) is 0 Å². The molecule has 1 aromatic carbocycles. The fraction of sp³-hybridized carbons (Fsp3) is 0.565. The Morgan fingerprint density at radius 3 is 1.96 bits per heavy atom. The van der Waals surface area contributed by atoms with Gasteiger partial charge in [-0.3, -0.25) is 9.59 Å². The molecule has 0 aromatic heterocycles. The second-order valence-corrected chi connectivity index (χ2v) is 7.23. The van der Waals surface area contributed by atoms with Crippen LogP contribution < -0.4 is 0 Å². The Morgan fingerprint density at radius 1 is 1.00 bits per heavy atom. The summed E-state index contributed by atoms with van der Waals surface area (Å²) in [6, 6.07) is 3.97. The SMILES string of the molecule is CC.CC#Cc1cc(C)c(C2C(=O)CC3(CCOCC3)CC2=O)c(C)c1. The normalized spacial score (nSPS) is 19.4. The van der Waals surface area contributed by atoms with Crippen molar-refractivity contribution < 1.29 is 14.3 Å². The van der Waals surface area contributed by atoms with Gasteiger partial charge in [-0.05, 0) is 67.9 Å². The summed E-state index contributed by atoms with van der Waals surface area (Å²) < 4.78 is 5.42. The van der Waals surface area contributed by atoms with E-state index >= 15 is 0 Å². The molecule has 1 aliphatic heterocycles. The van der Waals surface area contributed by atoms with Crippen molar-refractivity contribution in [2.45, 2.75) is 66.2 Å². The maximum absolute atomic E-state index is 12.9. The van der Waals surface area contributed by atoms with Crippen LogP contribution in [0.15, 0.2) is 12.1 Å². The molecule has 0 atom stereocenters. The maximum Gasteiger partial charge on any atom is 0.148 e. The lowest BCUT2D eigenvalue weighted by Crippen LogP contribution is -2.42. The molecule has 140 valence electrons. The summed E-state index contributed by atoms with van der Waals surface area (Å²) >= 11 is 0. The van der Waals surface area contributed by atoms with E-state index in [4.69, 9.17) is 4.74 Å². The molecule has 1 heterocycles. The van der Waals surface area contributed by atoms with E-state index in [1.165, 1.54) is 0 Å². The van der Waals surface area contributed by atoms with Gasteiger partial charge in [0, 0.05) is 31.6 Å². The predicted molar refractivity (Wildman–Crippen MR) is 104 cm³/mol. The predicted octanol–water partition coefficient (Wildman–Crippen LogP) is 4.51. The third-order valence-corrected chi connectivity index (χ3v) is 5.45. The molecule has 2 fully saturated rings. The van der Waals surface area contributed by atoms with Gasteiger partial charge in [0.25, 0.3) is 0 Å². The summed E-state index contributed by atoms with van der Waals surface area (Å²) in [5.41, 5.74) is 3.66. The Kier molecular flexibility index (Phi) is 6.78. The van der Waals surface area contributed by atoms with Crippen LogP contribution in [-0.4, -0.2) is 24.8 Å². The number of Topliss-reactive ketones (excluding diaryl/α,β-unsaturated/α-hetero) is 2. The summed E-state index contributed by atoms with van der Waals surface area (Å²) in [6.07, 6.45) is 2.64. The standard InChI is InChI=1S/C21H24O3.C2H6/c1-4-5-16-10-14(2)19(15(3)11-16)20-17(22)12-21(13-18(20)23)6-8-24-9-7-21;1-2/h10-11,20H,6-9,12-13H2,1-3H3;1-2H3. The van der Waals surface area contributed by atoms with E-state index in [9.17, 15) is 9.59 Å². The number of rotatable bonds is 1. The number of benzene rings is 1. The number of ketones is 2. The van der Waals surface area contributed by atoms with Gasteiger partial charge in [0.15, 0.2) is 0 Å². The van der Waals surface area contributed by atoms with Crippen LogP contribution in [0.25, 0.3) is 0 Å². The zero-order valence-corrected chi connectivity index (χ0v) is 16.7. The molecule has 1 saturated heterocycles. The fourth-order valence-corrected chi connectivity index (χ4v) is 4.31. The topological polar surface area (TPSA) is 43.4 Å². The zero-order chi connectivity index (χ0) is 19.3. The molecule has 26 heavy (non-hydrogen) atoms. The number of aryl methyl sites for hydroxylation is 2. The lowest BCUT2D eigenvalue weighted by Gasteiger charge is -2.41. The Labute approximate surface area is 157 Å². The average molecular weight is 354 g/mol. The molecule has 1 aromatic rings. The molecule has 1 spiro atoms. The molecular weight excluding hydrogens is 324 g/mol. The van der Waals surface area contributed by atoms with Gasteiger partial charge in [0.2, 0.25) is 0 Å². The third kappa shape index (κ3) is 4.07. The van der Waals surface area contributed by atoms with Crippen LogP contribution >= 0.6 is 0 Å². The highest BCUT2D eigenvalue weighted by atomic mass is 16.5. The first-order valence-electron chi connectivity index (χ1n) is 9.63. The fourth-order valence-electron chi connectivity index (χ4n) is 4.31. The van der Waals surface area contributed by atoms with Crippen LogP contribution in [-0.2, 0) is 14.3 Å². The lowest BCUT2D eigenvalue weighted by atomic mass is 9.63. The van der Waals surface area contributed by atoms with Crippen LogP contribution in [0.2, 0.25) is 0 Å². The minimum Gasteiger partial charge on any atom is -0.381 e. The minimum atomic E-state index is -0.595. The number of hydrogen-bond acceptors (Lipinski definition) is 3. The molecule has 1 saturated carbocycles. The van der Waals surface area contributed by atoms with Gasteiger partial charge >= 0.3 is 0 Å². The molecule has 0 unspecified atom stereocenters. The number of carbonyl (C=O) groups is 2. The van der Waals surface area contributed by atoms with E-state index in [1.54, 1.807) is 6.92 Å². The second-order valence-electron chi connectivity index (χ2n) is 7.23. The molecule has 1 aliphatic carbocycles. The third-order valence-electron chi connectivity index (χ3n) is 5.45. The molecule has 0 amide bonds. The molecule has 2 aliphatic rings. The van der Waals surface area contributed by atoms with Crippen LogP contribution in [0.1, 0.15) is 74.6 Å². The van der Waals surface area contributed by atoms with E-state index in [0.29, 0.717) is 26.1 Å². The van der Waals surface area contributed by atoms with Crippen molar-refractivity contribution in [2.24, 2.45) is 5.41 Å². The number of carbonyl (C=O) groups excluding carboxylic acids is 2. The van der Waals surface area contributed by atoms with E-state index in [1.807, 2.05) is 39.8 Å². The largest absolute Gasteiger partial charge is 0.381 e. The summed E-state index contributed by atoms with van der Waals surface area (Å²) in [7, 11) is 0. The van der Waals surface area contributed by atoms with Gasteiger partial charge in [0.05, 0.1) is 0 Å². The first-order chi connectivity index (χ1) is 12.5. The van der Waals surface area contributed by atoms with Gasteiger partial charge in [-0.25, -0.2) is 0 Å². The molecule has 0 N–H and O–H groups in total. The highest BCUT2D eigenvalue weighted by molar-refractivity contribution is 6.10. The van der Waals surface area contributed by atoms with Crippen molar-refractivity contribution in [3.63, 3.8) is 0 Å². The van der Waals surface area contributed by atoms with E-state index in [2.05, 4.69) is 11.8 Å². The quantitative estimate of drug-likeness (QED) is 0.550. The van der Waals surface area contributed by atoms with Gasteiger partial charge in [0.1, 0.15) is 17.5 Å². The van der Waals surface area contributed by atoms with E-state index in [0.717, 1.165) is 35.1 Å².